The van der Waals surface area contributed by atoms with Crippen molar-refractivity contribution in [3.05, 3.63) is 23.8 Å². The molecule has 1 saturated heterocycles. The summed E-state index contributed by atoms with van der Waals surface area (Å²) in [5, 5.41) is 2.78. The third kappa shape index (κ3) is 4.76. The fourth-order valence-electron chi connectivity index (χ4n) is 2.30. The van der Waals surface area contributed by atoms with Gasteiger partial charge in [0.05, 0.1) is 13.7 Å². The van der Waals surface area contributed by atoms with E-state index in [1.807, 2.05) is 0 Å². The van der Waals surface area contributed by atoms with E-state index < -0.39 is 0 Å². The zero-order chi connectivity index (χ0) is 17.4. The topological polar surface area (TPSA) is 103 Å². The van der Waals surface area contributed by atoms with Crippen LogP contribution in [0.2, 0.25) is 0 Å². The maximum atomic E-state index is 12.2. The zero-order valence-electron chi connectivity index (χ0n) is 13.7. The Hall–Kier alpha value is -2.48. The second-order valence-electron chi connectivity index (χ2n) is 5.21. The molecule has 2 rings (SSSR count). The Labute approximate surface area is 140 Å². The van der Waals surface area contributed by atoms with Gasteiger partial charge in [-0.25, -0.2) is 4.79 Å². The van der Waals surface area contributed by atoms with Gasteiger partial charge < -0.3 is 30.2 Å². The SMILES string of the molecule is COc1cc(C(=O)NCCN2CCCOC2=O)ccc1OCCN. The smallest absolute Gasteiger partial charge is 0.409 e. The van der Waals surface area contributed by atoms with Crippen LogP contribution in [-0.4, -0.2) is 63.4 Å². The number of nitrogens with two attached hydrogens (primary N) is 1. The summed E-state index contributed by atoms with van der Waals surface area (Å²) in [6, 6.07) is 4.93. The fraction of sp³-hybridized carbons (Fsp3) is 0.500. The molecule has 2 amide bonds. The van der Waals surface area contributed by atoms with Gasteiger partial charge in [0.1, 0.15) is 6.61 Å². The molecule has 132 valence electrons. The molecule has 0 unspecified atom stereocenters. The number of nitrogens with one attached hydrogen (secondary N) is 1. The third-order valence-corrected chi connectivity index (χ3v) is 3.52. The molecule has 1 aromatic rings. The van der Waals surface area contributed by atoms with E-state index in [4.69, 9.17) is 19.9 Å². The van der Waals surface area contributed by atoms with E-state index in [2.05, 4.69) is 5.32 Å². The lowest BCUT2D eigenvalue weighted by Gasteiger charge is -2.26. The minimum atomic E-state index is -0.335. The van der Waals surface area contributed by atoms with Crippen LogP contribution in [0.1, 0.15) is 16.8 Å². The number of carbonyl (C=O) groups excluding carboxylic acids is 2. The molecule has 8 heteroatoms. The van der Waals surface area contributed by atoms with E-state index in [1.165, 1.54) is 7.11 Å². The average Bonchev–Trinajstić information content (AvgIpc) is 2.61. The first kappa shape index (κ1) is 17.9. The van der Waals surface area contributed by atoms with Crippen molar-refractivity contribution in [3.8, 4) is 11.5 Å². The van der Waals surface area contributed by atoms with Crippen molar-refractivity contribution in [1.29, 1.82) is 0 Å². The van der Waals surface area contributed by atoms with E-state index in [1.54, 1.807) is 23.1 Å². The molecule has 8 nitrogen and oxygen atoms in total. The normalized spacial score (nSPS) is 14.1. The highest BCUT2D eigenvalue weighted by Gasteiger charge is 2.19. The van der Waals surface area contributed by atoms with Gasteiger partial charge in [-0.15, -0.1) is 0 Å². The predicted octanol–water partition coefficient (Wildman–Crippen LogP) is 0.605. The Kier molecular flexibility index (Phi) is 6.68. The van der Waals surface area contributed by atoms with Gasteiger partial charge in [-0.1, -0.05) is 0 Å². The number of rotatable bonds is 8. The van der Waals surface area contributed by atoms with Gasteiger partial charge in [-0.2, -0.15) is 0 Å². The van der Waals surface area contributed by atoms with E-state index >= 15 is 0 Å². The minimum Gasteiger partial charge on any atom is -0.493 e. The first-order valence-electron chi connectivity index (χ1n) is 7.86. The highest BCUT2D eigenvalue weighted by atomic mass is 16.6. The second-order valence-corrected chi connectivity index (χ2v) is 5.21. The Morgan fingerprint density at radius 3 is 2.96 bits per heavy atom. The standard InChI is InChI=1S/C16H23N3O5/c1-22-14-11-12(3-4-13(14)23-10-5-17)15(20)18-6-8-19-7-2-9-24-16(19)21/h3-4,11H,2,5-10,17H2,1H3,(H,18,20). The molecule has 0 aromatic heterocycles. The van der Waals surface area contributed by atoms with Crippen LogP contribution in [0.3, 0.4) is 0 Å². The first-order chi connectivity index (χ1) is 11.7. The van der Waals surface area contributed by atoms with Crippen LogP contribution in [0.25, 0.3) is 0 Å². The zero-order valence-corrected chi connectivity index (χ0v) is 13.7. The van der Waals surface area contributed by atoms with Gasteiger partial charge in [-0.3, -0.25) is 4.79 Å². The Morgan fingerprint density at radius 2 is 2.25 bits per heavy atom. The van der Waals surface area contributed by atoms with Gasteiger partial charge >= 0.3 is 6.09 Å². The Bertz CT molecular complexity index is 579. The fourth-order valence-corrected chi connectivity index (χ4v) is 2.30. The molecule has 0 spiro atoms. The Morgan fingerprint density at radius 1 is 1.42 bits per heavy atom. The molecule has 1 aliphatic heterocycles. The van der Waals surface area contributed by atoms with E-state index in [0.29, 0.717) is 56.5 Å². The summed E-state index contributed by atoms with van der Waals surface area (Å²) in [5.74, 6) is 0.760. The van der Waals surface area contributed by atoms with Crippen LogP contribution in [0, 0.1) is 0 Å². The molecule has 1 fully saturated rings. The van der Waals surface area contributed by atoms with E-state index in [0.717, 1.165) is 6.42 Å². The summed E-state index contributed by atoms with van der Waals surface area (Å²) in [6.45, 7) is 2.63. The average molecular weight is 337 g/mol. The molecular weight excluding hydrogens is 314 g/mol. The number of hydrogen-bond acceptors (Lipinski definition) is 6. The van der Waals surface area contributed by atoms with Crippen LogP contribution in [0.15, 0.2) is 18.2 Å². The lowest BCUT2D eigenvalue weighted by atomic mass is 10.2. The molecule has 0 bridgehead atoms. The predicted molar refractivity (Wildman–Crippen MR) is 87.4 cm³/mol. The summed E-state index contributed by atoms with van der Waals surface area (Å²) >= 11 is 0. The molecule has 24 heavy (non-hydrogen) atoms. The number of hydrogen-bond donors (Lipinski definition) is 2. The van der Waals surface area contributed by atoms with E-state index in [9.17, 15) is 9.59 Å². The number of carbonyl (C=O) groups is 2. The molecule has 0 aliphatic carbocycles. The van der Waals surface area contributed by atoms with Crippen LogP contribution < -0.4 is 20.5 Å². The van der Waals surface area contributed by atoms with Gasteiger partial charge in [0.15, 0.2) is 11.5 Å². The summed E-state index contributed by atoms with van der Waals surface area (Å²) in [6.07, 6.45) is 0.472. The summed E-state index contributed by atoms with van der Waals surface area (Å²) < 4.78 is 15.6. The van der Waals surface area contributed by atoms with E-state index in [-0.39, 0.29) is 12.0 Å². The summed E-state index contributed by atoms with van der Waals surface area (Å²) in [4.78, 5) is 25.3. The molecule has 1 aliphatic rings. The van der Waals surface area contributed by atoms with Gasteiger partial charge in [-0.05, 0) is 24.6 Å². The third-order valence-electron chi connectivity index (χ3n) is 3.52. The number of amides is 2. The second kappa shape index (κ2) is 8.97. The number of benzene rings is 1. The Balaban J connectivity index is 1.88. The highest BCUT2D eigenvalue weighted by Crippen LogP contribution is 2.27. The van der Waals surface area contributed by atoms with Gasteiger partial charge in [0.25, 0.3) is 5.91 Å². The lowest BCUT2D eigenvalue weighted by Crippen LogP contribution is -2.42. The molecule has 0 radical (unpaired) electrons. The van der Waals surface area contributed by atoms with Crippen LogP contribution in [-0.2, 0) is 4.74 Å². The maximum absolute atomic E-state index is 12.2. The van der Waals surface area contributed by atoms with Crippen molar-refractivity contribution in [1.82, 2.24) is 10.2 Å². The van der Waals surface area contributed by atoms with Crippen LogP contribution >= 0.6 is 0 Å². The number of nitrogens with zero attached hydrogens (tertiary/aromatic N) is 1. The minimum absolute atomic E-state index is 0.246. The molecule has 0 saturated carbocycles. The molecule has 0 atom stereocenters. The van der Waals surface area contributed by atoms with Crippen molar-refractivity contribution >= 4 is 12.0 Å². The van der Waals surface area contributed by atoms with Crippen molar-refractivity contribution in [2.24, 2.45) is 5.73 Å². The molecule has 1 aromatic carbocycles. The van der Waals surface area contributed by atoms with Crippen molar-refractivity contribution in [2.45, 2.75) is 6.42 Å². The van der Waals surface area contributed by atoms with Crippen molar-refractivity contribution in [3.63, 3.8) is 0 Å². The van der Waals surface area contributed by atoms with Gasteiger partial charge in [0, 0.05) is 31.7 Å². The van der Waals surface area contributed by atoms with Gasteiger partial charge in [0.2, 0.25) is 0 Å². The lowest BCUT2D eigenvalue weighted by molar-refractivity contribution is 0.0719. The van der Waals surface area contributed by atoms with Crippen molar-refractivity contribution < 1.29 is 23.8 Å². The molecule has 1 heterocycles. The summed E-state index contributed by atoms with van der Waals surface area (Å²) in [7, 11) is 1.51. The monoisotopic (exact) mass is 337 g/mol. The quantitative estimate of drug-likeness (QED) is 0.720. The first-order valence-corrected chi connectivity index (χ1v) is 7.86. The number of methoxy groups -OCH3 is 1. The molecular formula is C16H23N3O5. The van der Waals surface area contributed by atoms with Crippen LogP contribution in [0.4, 0.5) is 4.79 Å². The highest BCUT2D eigenvalue weighted by molar-refractivity contribution is 5.94. The van der Waals surface area contributed by atoms with Crippen molar-refractivity contribution in [2.75, 3.05) is 46.5 Å². The number of cyclic esters (lactones) is 1. The molecule has 3 N–H and O–H groups in total. The largest absolute Gasteiger partial charge is 0.493 e. The maximum Gasteiger partial charge on any atom is 0.409 e. The number of ether oxygens (including phenoxy) is 3. The van der Waals surface area contributed by atoms with Crippen LogP contribution in [0.5, 0.6) is 11.5 Å². The summed E-state index contributed by atoms with van der Waals surface area (Å²) in [5.41, 5.74) is 5.86.